The molecule has 0 fully saturated rings. The first kappa shape index (κ1) is 13.3. The standard InChI is InChI=1S/C12H13N3O3S/c1-14(2)10-3-4-11(15(16)17)12(5-10)18-6-9-7-19-8-13-9/h3-5,7-8H,6H2,1-2H3. The summed E-state index contributed by atoms with van der Waals surface area (Å²) in [6.45, 7) is 0.223. The molecule has 0 amide bonds. The van der Waals surface area contributed by atoms with Gasteiger partial charge in [0.1, 0.15) is 6.61 Å². The van der Waals surface area contributed by atoms with Crippen molar-refractivity contribution in [2.45, 2.75) is 6.61 Å². The Morgan fingerprint density at radius 3 is 2.84 bits per heavy atom. The molecular formula is C12H13N3O3S. The van der Waals surface area contributed by atoms with Gasteiger partial charge in [-0.3, -0.25) is 10.1 Å². The average molecular weight is 279 g/mol. The topological polar surface area (TPSA) is 68.5 Å². The quantitative estimate of drug-likeness (QED) is 0.621. The summed E-state index contributed by atoms with van der Waals surface area (Å²) in [5.41, 5.74) is 3.26. The third-order valence-electron chi connectivity index (χ3n) is 2.52. The fraction of sp³-hybridized carbons (Fsp3) is 0.250. The van der Waals surface area contributed by atoms with Crippen LogP contribution in [0.1, 0.15) is 5.69 Å². The van der Waals surface area contributed by atoms with Crippen molar-refractivity contribution in [1.29, 1.82) is 0 Å². The Kier molecular flexibility index (Phi) is 3.96. The Labute approximate surface area is 114 Å². The summed E-state index contributed by atoms with van der Waals surface area (Å²) < 4.78 is 5.51. The summed E-state index contributed by atoms with van der Waals surface area (Å²) in [6, 6.07) is 4.80. The molecule has 0 atom stereocenters. The van der Waals surface area contributed by atoms with Crippen LogP contribution >= 0.6 is 11.3 Å². The summed E-state index contributed by atoms with van der Waals surface area (Å²) >= 11 is 1.46. The summed E-state index contributed by atoms with van der Waals surface area (Å²) in [5, 5.41) is 12.8. The molecule has 1 aromatic heterocycles. The molecule has 0 saturated heterocycles. The number of nitro benzene ring substituents is 1. The van der Waals surface area contributed by atoms with Crippen LogP contribution in [-0.4, -0.2) is 24.0 Å². The number of ether oxygens (including phenoxy) is 1. The number of benzene rings is 1. The second kappa shape index (κ2) is 5.66. The van der Waals surface area contributed by atoms with Gasteiger partial charge >= 0.3 is 5.69 Å². The normalized spacial score (nSPS) is 10.2. The zero-order valence-electron chi connectivity index (χ0n) is 10.6. The summed E-state index contributed by atoms with van der Waals surface area (Å²) in [4.78, 5) is 16.5. The highest BCUT2D eigenvalue weighted by Crippen LogP contribution is 2.31. The summed E-state index contributed by atoms with van der Waals surface area (Å²) in [6.07, 6.45) is 0. The van der Waals surface area contributed by atoms with E-state index >= 15 is 0 Å². The lowest BCUT2D eigenvalue weighted by Crippen LogP contribution is -2.09. The highest BCUT2D eigenvalue weighted by molar-refractivity contribution is 7.07. The van der Waals surface area contributed by atoms with Crippen LogP contribution in [0.3, 0.4) is 0 Å². The molecule has 1 heterocycles. The van der Waals surface area contributed by atoms with E-state index in [4.69, 9.17) is 4.74 Å². The Morgan fingerprint density at radius 2 is 2.26 bits per heavy atom. The first-order valence-electron chi connectivity index (χ1n) is 5.53. The first-order chi connectivity index (χ1) is 9.08. The van der Waals surface area contributed by atoms with Gasteiger partial charge in [-0.15, -0.1) is 11.3 Å². The molecule has 0 spiro atoms. The monoisotopic (exact) mass is 279 g/mol. The zero-order valence-corrected chi connectivity index (χ0v) is 11.4. The average Bonchev–Trinajstić information content (AvgIpc) is 2.88. The third-order valence-corrected chi connectivity index (χ3v) is 3.15. The minimum absolute atomic E-state index is 0.0409. The van der Waals surface area contributed by atoms with E-state index < -0.39 is 4.92 Å². The number of aromatic nitrogens is 1. The van der Waals surface area contributed by atoms with Crippen LogP contribution in [0.25, 0.3) is 0 Å². The molecule has 0 aliphatic rings. The van der Waals surface area contributed by atoms with E-state index in [-0.39, 0.29) is 18.0 Å². The molecular weight excluding hydrogens is 266 g/mol. The maximum atomic E-state index is 11.0. The zero-order chi connectivity index (χ0) is 13.8. The Balaban J connectivity index is 2.24. The van der Waals surface area contributed by atoms with E-state index in [2.05, 4.69) is 4.98 Å². The molecule has 0 radical (unpaired) electrons. The van der Waals surface area contributed by atoms with Gasteiger partial charge in [-0.1, -0.05) is 0 Å². The van der Waals surface area contributed by atoms with Crippen molar-refractivity contribution in [3.05, 3.63) is 44.9 Å². The van der Waals surface area contributed by atoms with E-state index in [1.807, 2.05) is 24.4 Å². The Hall–Kier alpha value is -2.15. The molecule has 0 aliphatic carbocycles. The first-order valence-corrected chi connectivity index (χ1v) is 6.48. The van der Waals surface area contributed by atoms with Gasteiger partial charge in [-0.25, -0.2) is 4.98 Å². The highest BCUT2D eigenvalue weighted by atomic mass is 32.1. The molecule has 100 valence electrons. The predicted octanol–water partition coefficient (Wildman–Crippen LogP) is 2.70. The second-order valence-corrected chi connectivity index (χ2v) is 4.79. The number of nitro groups is 1. The van der Waals surface area contributed by atoms with Crippen LogP contribution in [0.2, 0.25) is 0 Å². The van der Waals surface area contributed by atoms with Gasteiger partial charge < -0.3 is 9.64 Å². The van der Waals surface area contributed by atoms with Crippen LogP contribution in [0.5, 0.6) is 5.75 Å². The predicted molar refractivity (Wildman–Crippen MR) is 73.9 cm³/mol. The maximum Gasteiger partial charge on any atom is 0.311 e. The van der Waals surface area contributed by atoms with Gasteiger partial charge in [0.15, 0.2) is 5.75 Å². The fourth-order valence-electron chi connectivity index (χ4n) is 1.51. The van der Waals surface area contributed by atoms with Crippen molar-refractivity contribution >= 4 is 22.7 Å². The lowest BCUT2D eigenvalue weighted by molar-refractivity contribution is -0.385. The van der Waals surface area contributed by atoms with Crippen molar-refractivity contribution in [3.8, 4) is 5.75 Å². The number of rotatable bonds is 5. The van der Waals surface area contributed by atoms with Gasteiger partial charge in [-0.05, 0) is 6.07 Å². The number of nitrogens with zero attached hydrogens (tertiary/aromatic N) is 3. The highest BCUT2D eigenvalue weighted by Gasteiger charge is 2.16. The lowest BCUT2D eigenvalue weighted by Gasteiger charge is -2.14. The molecule has 0 saturated carbocycles. The number of thiazole rings is 1. The number of hydrogen-bond donors (Lipinski definition) is 0. The molecule has 1 aromatic carbocycles. The second-order valence-electron chi connectivity index (χ2n) is 4.07. The fourth-order valence-corrected chi connectivity index (χ4v) is 2.05. The Morgan fingerprint density at radius 1 is 1.47 bits per heavy atom. The molecule has 2 rings (SSSR count). The molecule has 0 unspecified atom stereocenters. The molecule has 0 bridgehead atoms. The largest absolute Gasteiger partial charge is 0.480 e. The van der Waals surface area contributed by atoms with E-state index in [0.29, 0.717) is 0 Å². The van der Waals surface area contributed by atoms with E-state index in [1.54, 1.807) is 17.6 Å². The SMILES string of the molecule is CN(C)c1ccc([N+](=O)[O-])c(OCc2cscn2)c1. The minimum Gasteiger partial charge on any atom is -0.480 e. The van der Waals surface area contributed by atoms with Crippen LogP contribution in [0, 0.1) is 10.1 Å². The van der Waals surface area contributed by atoms with Crippen LogP contribution in [0.15, 0.2) is 29.1 Å². The summed E-state index contributed by atoms with van der Waals surface area (Å²) in [5.74, 6) is 0.254. The van der Waals surface area contributed by atoms with Gasteiger partial charge in [0.2, 0.25) is 0 Å². The van der Waals surface area contributed by atoms with Crippen molar-refractivity contribution in [1.82, 2.24) is 4.98 Å². The molecule has 6 nitrogen and oxygen atoms in total. The van der Waals surface area contributed by atoms with Crippen molar-refractivity contribution in [2.24, 2.45) is 0 Å². The van der Waals surface area contributed by atoms with E-state index in [0.717, 1.165) is 11.4 Å². The smallest absolute Gasteiger partial charge is 0.311 e. The van der Waals surface area contributed by atoms with Gasteiger partial charge in [-0.2, -0.15) is 0 Å². The maximum absolute atomic E-state index is 11.0. The lowest BCUT2D eigenvalue weighted by atomic mass is 10.2. The molecule has 2 aromatic rings. The number of anilines is 1. The van der Waals surface area contributed by atoms with Crippen molar-refractivity contribution in [2.75, 3.05) is 19.0 Å². The molecule has 19 heavy (non-hydrogen) atoms. The molecule has 0 aliphatic heterocycles. The van der Waals surface area contributed by atoms with E-state index in [9.17, 15) is 10.1 Å². The van der Waals surface area contributed by atoms with Crippen LogP contribution in [-0.2, 0) is 6.61 Å². The van der Waals surface area contributed by atoms with Gasteiger partial charge in [0.25, 0.3) is 0 Å². The van der Waals surface area contributed by atoms with Crippen LogP contribution < -0.4 is 9.64 Å². The Bertz CT molecular complexity index is 570. The van der Waals surface area contributed by atoms with Crippen molar-refractivity contribution in [3.63, 3.8) is 0 Å². The third kappa shape index (κ3) is 3.19. The minimum atomic E-state index is -0.449. The van der Waals surface area contributed by atoms with Crippen molar-refractivity contribution < 1.29 is 9.66 Å². The summed E-state index contributed by atoms with van der Waals surface area (Å²) in [7, 11) is 3.73. The molecule has 0 N–H and O–H groups in total. The van der Waals surface area contributed by atoms with Gasteiger partial charge in [0.05, 0.1) is 16.1 Å². The van der Waals surface area contributed by atoms with E-state index in [1.165, 1.54) is 17.4 Å². The number of hydrogen-bond acceptors (Lipinski definition) is 6. The molecule has 7 heteroatoms. The van der Waals surface area contributed by atoms with Crippen LogP contribution in [0.4, 0.5) is 11.4 Å². The van der Waals surface area contributed by atoms with Gasteiger partial charge in [0, 0.05) is 37.3 Å².